The average Bonchev–Trinajstić information content (AvgIpc) is 2.77. The largest absolute Gasteiger partial charge is 0.399 e. The van der Waals surface area contributed by atoms with Crippen LogP contribution in [0.25, 0.3) is 5.52 Å². The number of ether oxygens (including phenoxy) is 1. The normalized spacial score (nSPS) is 10.7. The number of pyridine rings is 1. The van der Waals surface area contributed by atoms with E-state index in [1.54, 1.807) is 36.2 Å². The molecule has 0 fully saturated rings. The Labute approximate surface area is 105 Å². The fourth-order valence-corrected chi connectivity index (χ4v) is 1.69. The van der Waals surface area contributed by atoms with Gasteiger partial charge in [-0.15, -0.1) is 0 Å². The standard InChI is InChI=1S/C12H16N4O2/c1-18-6-2-4-14-12(17)10-8-15-16-5-3-9(13)7-11(10)16/h3,5,7-8H,2,4,6,13H2,1H3,(H,14,17). The Morgan fingerprint density at radius 1 is 1.61 bits per heavy atom. The van der Waals surface area contributed by atoms with Gasteiger partial charge in [0.05, 0.1) is 17.3 Å². The molecule has 18 heavy (non-hydrogen) atoms. The maximum atomic E-state index is 11.9. The summed E-state index contributed by atoms with van der Waals surface area (Å²) < 4.78 is 6.54. The maximum Gasteiger partial charge on any atom is 0.255 e. The highest BCUT2D eigenvalue weighted by Crippen LogP contribution is 2.13. The molecule has 2 aromatic heterocycles. The SMILES string of the molecule is COCCCNC(=O)c1cnn2ccc(N)cc12. The molecule has 2 aromatic rings. The van der Waals surface area contributed by atoms with E-state index < -0.39 is 0 Å². The number of nitrogens with two attached hydrogens (primary N) is 1. The molecule has 2 rings (SSSR count). The summed E-state index contributed by atoms with van der Waals surface area (Å²) in [6.45, 7) is 1.20. The number of fused-ring (bicyclic) bond motifs is 1. The van der Waals surface area contributed by atoms with Crippen molar-refractivity contribution in [2.45, 2.75) is 6.42 Å². The quantitative estimate of drug-likeness (QED) is 0.762. The summed E-state index contributed by atoms with van der Waals surface area (Å²) in [6.07, 6.45) is 4.05. The molecule has 0 bridgehead atoms. The predicted octanol–water partition coefficient (Wildman–Crippen LogP) is 0.683. The van der Waals surface area contributed by atoms with Crippen molar-refractivity contribution in [1.82, 2.24) is 14.9 Å². The topological polar surface area (TPSA) is 81.6 Å². The number of carbonyl (C=O) groups is 1. The molecule has 0 unspecified atom stereocenters. The van der Waals surface area contributed by atoms with Crippen LogP contribution in [0.2, 0.25) is 0 Å². The number of nitrogens with zero attached hydrogens (tertiary/aromatic N) is 2. The first-order valence-corrected chi connectivity index (χ1v) is 5.72. The Morgan fingerprint density at radius 3 is 3.22 bits per heavy atom. The van der Waals surface area contributed by atoms with E-state index in [1.807, 2.05) is 0 Å². The number of amides is 1. The van der Waals surface area contributed by atoms with Crippen molar-refractivity contribution in [3.05, 3.63) is 30.1 Å². The van der Waals surface area contributed by atoms with Crippen molar-refractivity contribution >= 4 is 17.1 Å². The fraction of sp³-hybridized carbons (Fsp3) is 0.333. The molecule has 1 amide bonds. The van der Waals surface area contributed by atoms with Crippen LogP contribution in [0.4, 0.5) is 5.69 Å². The van der Waals surface area contributed by atoms with Crippen molar-refractivity contribution in [3.8, 4) is 0 Å². The van der Waals surface area contributed by atoms with E-state index >= 15 is 0 Å². The molecule has 0 saturated carbocycles. The molecular weight excluding hydrogens is 232 g/mol. The number of carbonyl (C=O) groups excluding carboxylic acids is 1. The minimum atomic E-state index is -0.147. The molecule has 6 nitrogen and oxygen atoms in total. The molecule has 0 saturated heterocycles. The van der Waals surface area contributed by atoms with Gasteiger partial charge in [0.15, 0.2) is 0 Å². The van der Waals surface area contributed by atoms with Gasteiger partial charge in [-0.05, 0) is 18.6 Å². The highest BCUT2D eigenvalue weighted by molar-refractivity contribution is 6.00. The van der Waals surface area contributed by atoms with Gasteiger partial charge in [0.2, 0.25) is 0 Å². The predicted molar refractivity (Wildman–Crippen MR) is 68.4 cm³/mol. The fourth-order valence-electron chi connectivity index (χ4n) is 1.69. The number of hydrogen-bond acceptors (Lipinski definition) is 4. The molecule has 0 aliphatic heterocycles. The van der Waals surface area contributed by atoms with Gasteiger partial charge < -0.3 is 15.8 Å². The van der Waals surface area contributed by atoms with Crippen LogP contribution in [0.1, 0.15) is 16.8 Å². The third-order valence-corrected chi connectivity index (χ3v) is 2.60. The lowest BCUT2D eigenvalue weighted by atomic mass is 10.2. The Bertz CT molecular complexity index is 550. The molecule has 3 N–H and O–H groups in total. The van der Waals surface area contributed by atoms with Gasteiger partial charge in [0.1, 0.15) is 0 Å². The van der Waals surface area contributed by atoms with E-state index in [-0.39, 0.29) is 5.91 Å². The Hall–Kier alpha value is -2.08. The summed E-state index contributed by atoms with van der Waals surface area (Å²) in [5, 5.41) is 6.92. The van der Waals surface area contributed by atoms with Crippen molar-refractivity contribution in [1.29, 1.82) is 0 Å². The smallest absolute Gasteiger partial charge is 0.255 e. The molecule has 96 valence electrons. The highest BCUT2D eigenvalue weighted by Gasteiger charge is 2.11. The van der Waals surface area contributed by atoms with Crippen LogP contribution >= 0.6 is 0 Å². The Kier molecular flexibility index (Phi) is 3.78. The number of methoxy groups -OCH3 is 1. The number of rotatable bonds is 5. The molecule has 0 aliphatic carbocycles. The van der Waals surface area contributed by atoms with Crippen LogP contribution in [0, 0.1) is 0 Å². The van der Waals surface area contributed by atoms with Gasteiger partial charge in [-0.1, -0.05) is 0 Å². The molecule has 0 aliphatic rings. The monoisotopic (exact) mass is 248 g/mol. The molecule has 0 aromatic carbocycles. The minimum absolute atomic E-state index is 0.147. The van der Waals surface area contributed by atoms with E-state index in [9.17, 15) is 4.79 Å². The van der Waals surface area contributed by atoms with E-state index in [0.29, 0.717) is 29.9 Å². The molecule has 0 atom stereocenters. The summed E-state index contributed by atoms with van der Waals surface area (Å²) in [5.41, 5.74) is 7.55. The first-order chi connectivity index (χ1) is 8.72. The van der Waals surface area contributed by atoms with Crippen molar-refractivity contribution in [2.75, 3.05) is 26.0 Å². The summed E-state index contributed by atoms with van der Waals surface area (Å²) in [4.78, 5) is 11.9. The lowest BCUT2D eigenvalue weighted by molar-refractivity contribution is 0.0950. The van der Waals surface area contributed by atoms with Crippen LogP contribution in [0.3, 0.4) is 0 Å². The lowest BCUT2D eigenvalue weighted by Gasteiger charge is -2.03. The minimum Gasteiger partial charge on any atom is -0.399 e. The Balaban J connectivity index is 2.10. The van der Waals surface area contributed by atoms with E-state index in [4.69, 9.17) is 10.5 Å². The van der Waals surface area contributed by atoms with Gasteiger partial charge in [-0.25, -0.2) is 4.52 Å². The van der Waals surface area contributed by atoms with Gasteiger partial charge in [-0.3, -0.25) is 4.79 Å². The van der Waals surface area contributed by atoms with Crippen LogP contribution in [0.15, 0.2) is 24.5 Å². The van der Waals surface area contributed by atoms with E-state index in [1.165, 1.54) is 0 Å². The van der Waals surface area contributed by atoms with Gasteiger partial charge in [0, 0.05) is 32.1 Å². The van der Waals surface area contributed by atoms with Crippen molar-refractivity contribution in [2.24, 2.45) is 0 Å². The maximum absolute atomic E-state index is 11.9. The van der Waals surface area contributed by atoms with Crippen LogP contribution in [-0.4, -0.2) is 35.8 Å². The zero-order valence-corrected chi connectivity index (χ0v) is 10.2. The molecule has 0 spiro atoms. The second kappa shape index (κ2) is 5.50. The zero-order chi connectivity index (χ0) is 13.0. The van der Waals surface area contributed by atoms with E-state index in [0.717, 1.165) is 6.42 Å². The Morgan fingerprint density at radius 2 is 2.44 bits per heavy atom. The summed E-state index contributed by atoms with van der Waals surface area (Å²) in [7, 11) is 1.63. The van der Waals surface area contributed by atoms with Crippen molar-refractivity contribution in [3.63, 3.8) is 0 Å². The molecule has 2 heterocycles. The van der Waals surface area contributed by atoms with Gasteiger partial charge >= 0.3 is 0 Å². The van der Waals surface area contributed by atoms with Crippen LogP contribution in [-0.2, 0) is 4.74 Å². The third-order valence-electron chi connectivity index (χ3n) is 2.60. The summed E-state index contributed by atoms with van der Waals surface area (Å²) >= 11 is 0. The number of aromatic nitrogens is 2. The number of nitrogen functional groups attached to an aromatic ring is 1. The first kappa shape index (κ1) is 12.4. The summed E-state index contributed by atoms with van der Waals surface area (Å²) in [5.74, 6) is -0.147. The van der Waals surface area contributed by atoms with Crippen LogP contribution in [0.5, 0.6) is 0 Å². The zero-order valence-electron chi connectivity index (χ0n) is 10.2. The van der Waals surface area contributed by atoms with Gasteiger partial charge in [0.25, 0.3) is 5.91 Å². The van der Waals surface area contributed by atoms with E-state index in [2.05, 4.69) is 10.4 Å². The second-order valence-corrected chi connectivity index (χ2v) is 3.95. The average molecular weight is 248 g/mol. The van der Waals surface area contributed by atoms with Gasteiger partial charge in [-0.2, -0.15) is 5.10 Å². The number of hydrogen-bond donors (Lipinski definition) is 2. The molecular formula is C12H16N4O2. The highest BCUT2D eigenvalue weighted by atomic mass is 16.5. The summed E-state index contributed by atoms with van der Waals surface area (Å²) in [6, 6.07) is 3.47. The third kappa shape index (κ3) is 2.60. The first-order valence-electron chi connectivity index (χ1n) is 5.72. The van der Waals surface area contributed by atoms with Crippen LogP contribution < -0.4 is 11.1 Å². The number of nitrogens with one attached hydrogen (secondary N) is 1. The number of anilines is 1. The molecule has 6 heteroatoms. The second-order valence-electron chi connectivity index (χ2n) is 3.95. The van der Waals surface area contributed by atoms with Crippen molar-refractivity contribution < 1.29 is 9.53 Å². The molecule has 0 radical (unpaired) electrons. The lowest BCUT2D eigenvalue weighted by Crippen LogP contribution is -2.25.